The van der Waals surface area contributed by atoms with Gasteiger partial charge < -0.3 is 25.0 Å². The first kappa shape index (κ1) is 25.2. The molecule has 2 aliphatic heterocycles. The molecule has 1 aromatic heterocycles. The molecule has 0 bridgehead atoms. The van der Waals surface area contributed by atoms with Crippen molar-refractivity contribution in [1.82, 2.24) is 19.5 Å². The molecule has 35 heavy (non-hydrogen) atoms. The molecule has 2 aliphatic rings. The van der Waals surface area contributed by atoms with E-state index in [0.29, 0.717) is 17.5 Å². The van der Waals surface area contributed by atoms with Crippen molar-refractivity contribution in [3.8, 4) is 5.75 Å². The van der Waals surface area contributed by atoms with Crippen LogP contribution in [0.4, 0.5) is 14.6 Å². The van der Waals surface area contributed by atoms with Gasteiger partial charge in [-0.2, -0.15) is 18.9 Å². The number of rotatable bonds is 8. The van der Waals surface area contributed by atoms with Gasteiger partial charge in [-0.1, -0.05) is 18.2 Å². The van der Waals surface area contributed by atoms with E-state index in [1.807, 2.05) is 0 Å². The van der Waals surface area contributed by atoms with Crippen molar-refractivity contribution < 1.29 is 37.0 Å². The van der Waals surface area contributed by atoms with Gasteiger partial charge in [0, 0.05) is 19.8 Å². The summed E-state index contributed by atoms with van der Waals surface area (Å²) in [5.41, 5.74) is 4.29. The third-order valence-electron chi connectivity index (χ3n) is 5.60. The highest BCUT2D eigenvalue weighted by Gasteiger charge is 2.60. The van der Waals surface area contributed by atoms with Gasteiger partial charge >= 0.3 is 19.4 Å². The van der Waals surface area contributed by atoms with Gasteiger partial charge in [-0.15, -0.1) is 0 Å². The maximum absolute atomic E-state index is 14.8. The number of nitrogens with one attached hydrogen (secondary N) is 1. The number of likely N-dealkylation sites (tertiary alicyclic amines) is 1. The Hall–Kier alpha value is -2.90. The van der Waals surface area contributed by atoms with Crippen LogP contribution in [-0.2, 0) is 18.6 Å². The topological polar surface area (TPSA) is 158 Å². The van der Waals surface area contributed by atoms with Crippen LogP contribution in [0.3, 0.4) is 0 Å². The second-order valence-corrected chi connectivity index (χ2v) is 9.81. The quantitative estimate of drug-likeness (QED) is 0.428. The third-order valence-corrected chi connectivity index (χ3v) is 7.17. The molecule has 2 unspecified atom stereocenters. The first-order valence-corrected chi connectivity index (χ1v) is 12.1. The fraction of sp³-hybridized carbons (Fsp3) is 0.450. The summed E-state index contributed by atoms with van der Waals surface area (Å²) in [5.74, 6) is -4.30. The minimum Gasteiger partial charge on any atom is -0.413 e. The largest absolute Gasteiger partial charge is 0.459 e. The minimum absolute atomic E-state index is 0.137. The molecule has 15 heteroatoms. The summed E-state index contributed by atoms with van der Waals surface area (Å²) < 4.78 is 59.7. The first-order chi connectivity index (χ1) is 16.5. The van der Waals surface area contributed by atoms with Gasteiger partial charge in [0.1, 0.15) is 17.7 Å². The zero-order chi connectivity index (χ0) is 25.4. The number of anilines is 1. The number of hydrogen-bond donors (Lipinski definition) is 3. The van der Waals surface area contributed by atoms with Crippen LogP contribution in [0.25, 0.3) is 0 Å². The predicted molar refractivity (Wildman–Crippen MR) is 118 cm³/mol. The summed E-state index contributed by atoms with van der Waals surface area (Å²) in [4.78, 5) is 29.2. The Kier molecular flexibility index (Phi) is 6.93. The molecule has 0 saturated carbocycles. The van der Waals surface area contributed by atoms with E-state index in [-0.39, 0.29) is 17.5 Å². The average Bonchev–Trinajstić information content (AvgIpc) is 3.23. The number of alkyl halides is 2. The van der Waals surface area contributed by atoms with E-state index in [2.05, 4.69) is 10.1 Å². The lowest BCUT2D eigenvalue weighted by molar-refractivity contribution is -0.140. The molecule has 4 N–H and O–H groups in total. The molecule has 0 aliphatic carbocycles. The number of carbonyl (C=O) groups is 1. The number of para-hydroxylation sites is 1. The van der Waals surface area contributed by atoms with Gasteiger partial charge in [0.25, 0.3) is 0 Å². The minimum atomic E-state index is -4.31. The zero-order valence-electron chi connectivity index (χ0n) is 18.5. The summed E-state index contributed by atoms with van der Waals surface area (Å²) in [5, 5.41) is 12.8. The number of aliphatic hydroxyl groups is 1. The van der Waals surface area contributed by atoms with Gasteiger partial charge in [0.2, 0.25) is 12.1 Å². The fourth-order valence-electron chi connectivity index (χ4n) is 3.73. The molecular formula is C20H24F2N5O7P. The Labute approximate surface area is 198 Å². The Morgan fingerprint density at radius 3 is 2.66 bits per heavy atom. The maximum Gasteiger partial charge on any atom is 0.459 e. The number of halogens is 2. The number of benzene rings is 1. The van der Waals surface area contributed by atoms with Crippen molar-refractivity contribution in [2.75, 3.05) is 25.9 Å². The van der Waals surface area contributed by atoms with Crippen LogP contribution >= 0.6 is 7.75 Å². The van der Waals surface area contributed by atoms with Crippen LogP contribution in [0.1, 0.15) is 12.6 Å². The highest BCUT2D eigenvalue weighted by Crippen LogP contribution is 2.48. The second-order valence-electron chi connectivity index (χ2n) is 8.12. The summed E-state index contributed by atoms with van der Waals surface area (Å²) in [6, 6.07) is 8.14. The molecule has 1 aromatic carbocycles. The molecule has 4 rings (SSSR count). The molecule has 2 aromatic rings. The lowest BCUT2D eigenvalue weighted by atomic mass is 10.1. The average molecular weight is 515 g/mol. The molecule has 0 radical (unpaired) electrons. The molecule has 2 fully saturated rings. The van der Waals surface area contributed by atoms with E-state index in [1.54, 1.807) is 25.2 Å². The monoisotopic (exact) mass is 515 g/mol. The molecule has 12 nitrogen and oxygen atoms in total. The number of likely N-dealkylation sites (N-methyl/N-ethyl adjacent to an activating group) is 1. The summed E-state index contributed by atoms with van der Waals surface area (Å²) in [6.45, 7) is -0.400. The first-order valence-electron chi connectivity index (χ1n) is 10.6. The molecule has 190 valence electrons. The number of carbonyl (C=O) groups excluding carboxylic acids is 1. The van der Waals surface area contributed by atoms with E-state index >= 15 is 0 Å². The normalized spacial score (nSPS) is 27.7. The SMILES string of the molecule is CN1CCC(N[P@](=O)(OC[C@H]2O[C@@H](n3ccc(N)nc3=O)C(F)(F)C2O)Oc2ccccc2)C1=O. The van der Waals surface area contributed by atoms with Gasteiger partial charge in [0.15, 0.2) is 6.10 Å². The second kappa shape index (κ2) is 9.63. The number of nitrogen functional groups attached to an aromatic ring is 1. The van der Waals surface area contributed by atoms with Gasteiger partial charge in [-0.3, -0.25) is 13.9 Å². The van der Waals surface area contributed by atoms with Crippen molar-refractivity contribution in [1.29, 1.82) is 0 Å². The Morgan fingerprint density at radius 2 is 2.03 bits per heavy atom. The van der Waals surface area contributed by atoms with Crippen molar-refractivity contribution >= 4 is 19.5 Å². The number of amides is 1. The lowest BCUT2D eigenvalue weighted by Gasteiger charge is -2.24. The summed E-state index contributed by atoms with van der Waals surface area (Å²) in [7, 11) is -2.74. The van der Waals surface area contributed by atoms with Crippen LogP contribution in [0, 0.1) is 0 Å². The van der Waals surface area contributed by atoms with Gasteiger partial charge in [-0.05, 0) is 24.6 Å². The van der Waals surface area contributed by atoms with Crippen LogP contribution in [0.2, 0.25) is 0 Å². The number of nitrogens with zero attached hydrogens (tertiary/aromatic N) is 3. The smallest absolute Gasteiger partial charge is 0.413 e. The predicted octanol–water partition coefficient (Wildman–Crippen LogP) is 0.743. The maximum atomic E-state index is 14.8. The Balaban J connectivity index is 1.53. The van der Waals surface area contributed by atoms with Crippen LogP contribution in [0.15, 0.2) is 47.4 Å². The van der Waals surface area contributed by atoms with Crippen molar-refractivity contribution in [2.24, 2.45) is 0 Å². The van der Waals surface area contributed by atoms with Crippen LogP contribution in [-0.4, -0.2) is 69.8 Å². The molecule has 3 heterocycles. The molecule has 0 spiro atoms. The highest BCUT2D eigenvalue weighted by atomic mass is 31.2. The number of hydrogen-bond acceptors (Lipinski definition) is 9. The molecule has 5 atom stereocenters. The van der Waals surface area contributed by atoms with E-state index in [4.69, 9.17) is 19.5 Å². The Morgan fingerprint density at radius 1 is 1.31 bits per heavy atom. The lowest BCUT2D eigenvalue weighted by Crippen LogP contribution is -2.42. The number of ether oxygens (including phenoxy) is 1. The van der Waals surface area contributed by atoms with Crippen molar-refractivity contribution in [3.63, 3.8) is 0 Å². The number of aromatic nitrogens is 2. The molecule has 1 amide bonds. The van der Waals surface area contributed by atoms with Crippen molar-refractivity contribution in [2.45, 2.75) is 36.8 Å². The van der Waals surface area contributed by atoms with Crippen LogP contribution < -0.4 is 21.0 Å². The number of aliphatic hydroxyl groups excluding tert-OH is 1. The van der Waals surface area contributed by atoms with E-state index < -0.39 is 50.4 Å². The van der Waals surface area contributed by atoms with Gasteiger partial charge in [0.05, 0.1) is 12.6 Å². The highest BCUT2D eigenvalue weighted by molar-refractivity contribution is 7.52. The zero-order valence-corrected chi connectivity index (χ0v) is 19.4. The summed E-state index contributed by atoms with van der Waals surface area (Å²) >= 11 is 0. The van der Waals surface area contributed by atoms with E-state index in [0.717, 1.165) is 12.3 Å². The van der Waals surface area contributed by atoms with Gasteiger partial charge in [-0.25, -0.2) is 9.36 Å². The van der Waals surface area contributed by atoms with E-state index in [1.165, 1.54) is 17.0 Å². The van der Waals surface area contributed by atoms with E-state index in [9.17, 15) is 28.0 Å². The number of nitrogens with two attached hydrogens (primary N) is 1. The fourth-order valence-corrected chi connectivity index (χ4v) is 5.27. The Bertz CT molecular complexity index is 1180. The van der Waals surface area contributed by atoms with Crippen LogP contribution in [0.5, 0.6) is 5.75 Å². The summed E-state index contributed by atoms with van der Waals surface area (Å²) in [6.07, 6.45) is -5.04. The third kappa shape index (κ3) is 5.21. The van der Waals surface area contributed by atoms with Crippen molar-refractivity contribution in [3.05, 3.63) is 53.1 Å². The standard InChI is InChI=1S/C20H24F2N5O7P/c1-26-9-7-13(17(26)29)25-35(31,34-12-5-3-2-4-6-12)32-11-14-16(28)20(21,22)18(33-14)27-10-8-15(23)24-19(27)30/h2-6,8,10,13-14,16,18,28H,7,9,11H2,1H3,(H,25,31)(H2,23,24,30)/t13?,14-,16?,18-,35+/m1/s1. The molecular weight excluding hydrogens is 491 g/mol. The molecule has 2 saturated heterocycles.